The number of amides is 2. The molecule has 24 heavy (non-hydrogen) atoms. The second-order valence-corrected chi connectivity index (χ2v) is 5.86. The van der Waals surface area contributed by atoms with Crippen molar-refractivity contribution in [1.29, 1.82) is 0 Å². The SMILES string of the molecule is COc1ccc(NC(=O)c2ccc(C)cc2)cc1N1CCCC1=O. The van der Waals surface area contributed by atoms with Gasteiger partial charge in [0.1, 0.15) is 5.75 Å². The highest BCUT2D eigenvalue weighted by Gasteiger charge is 2.24. The summed E-state index contributed by atoms with van der Waals surface area (Å²) in [5.41, 5.74) is 3.03. The monoisotopic (exact) mass is 324 g/mol. The molecule has 0 unspecified atom stereocenters. The third-order valence-electron chi connectivity index (χ3n) is 4.11. The van der Waals surface area contributed by atoms with Crippen LogP contribution in [0.25, 0.3) is 0 Å². The van der Waals surface area contributed by atoms with Crippen LogP contribution in [0.4, 0.5) is 11.4 Å². The lowest BCUT2D eigenvalue weighted by Gasteiger charge is -2.20. The van der Waals surface area contributed by atoms with Crippen molar-refractivity contribution in [3.05, 3.63) is 53.6 Å². The molecule has 3 rings (SSSR count). The summed E-state index contributed by atoms with van der Waals surface area (Å²) >= 11 is 0. The standard InChI is InChI=1S/C19H20N2O3/c1-13-5-7-14(8-6-13)19(23)20-15-9-10-17(24-2)16(12-15)21-11-3-4-18(21)22/h5-10,12H,3-4,11H2,1-2H3,(H,20,23). The third-order valence-corrected chi connectivity index (χ3v) is 4.11. The van der Waals surface area contributed by atoms with Gasteiger partial charge in [-0.15, -0.1) is 0 Å². The molecule has 124 valence electrons. The number of hydrogen-bond acceptors (Lipinski definition) is 3. The average Bonchev–Trinajstić information content (AvgIpc) is 3.01. The van der Waals surface area contributed by atoms with E-state index in [1.54, 1.807) is 42.3 Å². The Bertz CT molecular complexity index is 769. The van der Waals surface area contributed by atoms with Gasteiger partial charge < -0.3 is 15.0 Å². The lowest BCUT2D eigenvalue weighted by Crippen LogP contribution is -2.24. The number of benzene rings is 2. The molecule has 2 amide bonds. The molecule has 2 aromatic carbocycles. The molecule has 0 bridgehead atoms. The molecule has 0 saturated carbocycles. The minimum Gasteiger partial charge on any atom is -0.495 e. The lowest BCUT2D eigenvalue weighted by molar-refractivity contribution is -0.117. The fourth-order valence-corrected chi connectivity index (χ4v) is 2.79. The molecule has 5 nitrogen and oxygen atoms in total. The van der Waals surface area contributed by atoms with E-state index in [-0.39, 0.29) is 11.8 Å². The number of carbonyl (C=O) groups excluding carboxylic acids is 2. The molecule has 0 atom stereocenters. The lowest BCUT2D eigenvalue weighted by atomic mass is 10.1. The normalized spacial score (nSPS) is 13.9. The molecule has 0 aromatic heterocycles. The van der Waals surface area contributed by atoms with Crippen molar-refractivity contribution in [2.75, 3.05) is 23.9 Å². The Morgan fingerprint density at radius 3 is 2.54 bits per heavy atom. The second kappa shape index (κ2) is 6.74. The minimum atomic E-state index is -0.182. The number of ether oxygens (including phenoxy) is 1. The summed E-state index contributed by atoms with van der Waals surface area (Å²) in [6.07, 6.45) is 1.38. The highest BCUT2D eigenvalue weighted by atomic mass is 16.5. The molecular formula is C19H20N2O3. The first-order valence-electron chi connectivity index (χ1n) is 7.95. The van der Waals surface area contributed by atoms with Crippen LogP contribution in [0.3, 0.4) is 0 Å². The van der Waals surface area contributed by atoms with Crippen molar-refractivity contribution in [3.8, 4) is 5.75 Å². The summed E-state index contributed by atoms with van der Waals surface area (Å²) < 4.78 is 5.36. The quantitative estimate of drug-likeness (QED) is 0.938. The van der Waals surface area contributed by atoms with Crippen molar-refractivity contribution in [3.63, 3.8) is 0 Å². The highest BCUT2D eigenvalue weighted by Crippen LogP contribution is 2.34. The molecule has 0 aliphatic carbocycles. The Kier molecular flexibility index (Phi) is 4.51. The molecule has 1 aliphatic heterocycles. The molecule has 0 spiro atoms. The zero-order valence-corrected chi connectivity index (χ0v) is 13.8. The van der Waals surface area contributed by atoms with Crippen molar-refractivity contribution >= 4 is 23.2 Å². The van der Waals surface area contributed by atoms with E-state index in [4.69, 9.17) is 4.74 Å². The van der Waals surface area contributed by atoms with E-state index >= 15 is 0 Å². The Morgan fingerprint density at radius 1 is 1.17 bits per heavy atom. The number of methoxy groups -OCH3 is 1. The van der Waals surface area contributed by atoms with Crippen molar-refractivity contribution in [1.82, 2.24) is 0 Å². The zero-order valence-electron chi connectivity index (χ0n) is 13.8. The number of carbonyl (C=O) groups is 2. The van der Waals surface area contributed by atoms with E-state index in [9.17, 15) is 9.59 Å². The van der Waals surface area contributed by atoms with Crippen LogP contribution in [-0.4, -0.2) is 25.5 Å². The predicted octanol–water partition coefficient (Wildman–Crippen LogP) is 3.38. The fourth-order valence-electron chi connectivity index (χ4n) is 2.79. The highest BCUT2D eigenvalue weighted by molar-refractivity contribution is 6.05. The summed E-state index contributed by atoms with van der Waals surface area (Å²) in [4.78, 5) is 26.1. The zero-order chi connectivity index (χ0) is 17.1. The van der Waals surface area contributed by atoms with Gasteiger partial charge >= 0.3 is 0 Å². The van der Waals surface area contributed by atoms with Gasteiger partial charge in [-0.1, -0.05) is 17.7 Å². The summed E-state index contributed by atoms with van der Waals surface area (Å²) in [6, 6.07) is 12.7. The summed E-state index contributed by atoms with van der Waals surface area (Å²) in [5, 5.41) is 2.88. The van der Waals surface area contributed by atoms with Gasteiger partial charge in [-0.25, -0.2) is 0 Å². The van der Waals surface area contributed by atoms with Crippen LogP contribution in [0.15, 0.2) is 42.5 Å². The summed E-state index contributed by atoms with van der Waals surface area (Å²) in [5.74, 6) is 0.521. The number of nitrogens with one attached hydrogen (secondary N) is 1. The summed E-state index contributed by atoms with van der Waals surface area (Å²) in [6.45, 7) is 2.65. The van der Waals surface area contributed by atoms with Crippen LogP contribution in [0.5, 0.6) is 5.75 Å². The maximum atomic E-state index is 12.4. The molecule has 1 aliphatic rings. The van der Waals surface area contributed by atoms with Crippen molar-refractivity contribution < 1.29 is 14.3 Å². The average molecular weight is 324 g/mol. The van der Waals surface area contributed by atoms with Crippen molar-refractivity contribution in [2.45, 2.75) is 19.8 Å². The van der Waals surface area contributed by atoms with E-state index in [0.29, 0.717) is 35.7 Å². The van der Waals surface area contributed by atoms with E-state index in [0.717, 1.165) is 12.0 Å². The first-order chi connectivity index (χ1) is 11.6. The van der Waals surface area contributed by atoms with Crippen molar-refractivity contribution in [2.24, 2.45) is 0 Å². The molecule has 1 fully saturated rings. The van der Waals surface area contributed by atoms with Gasteiger partial charge in [-0.2, -0.15) is 0 Å². The first-order valence-corrected chi connectivity index (χ1v) is 7.95. The van der Waals surface area contributed by atoms with E-state index in [1.165, 1.54) is 0 Å². The molecular weight excluding hydrogens is 304 g/mol. The van der Waals surface area contributed by atoms with Crippen LogP contribution >= 0.6 is 0 Å². The van der Waals surface area contributed by atoms with Crippen LogP contribution in [-0.2, 0) is 4.79 Å². The fraction of sp³-hybridized carbons (Fsp3) is 0.263. The number of anilines is 2. The molecule has 1 saturated heterocycles. The Morgan fingerprint density at radius 2 is 1.92 bits per heavy atom. The number of hydrogen-bond donors (Lipinski definition) is 1. The maximum Gasteiger partial charge on any atom is 0.255 e. The Balaban J connectivity index is 1.84. The molecule has 1 N–H and O–H groups in total. The van der Waals surface area contributed by atoms with Gasteiger partial charge in [0.15, 0.2) is 0 Å². The van der Waals surface area contributed by atoms with E-state index < -0.39 is 0 Å². The van der Waals surface area contributed by atoms with Gasteiger partial charge in [0, 0.05) is 24.2 Å². The molecule has 2 aromatic rings. The van der Waals surface area contributed by atoms with Gasteiger partial charge in [0.25, 0.3) is 5.91 Å². The van der Waals surface area contributed by atoms with Crippen LogP contribution < -0.4 is 15.0 Å². The molecule has 1 heterocycles. The smallest absolute Gasteiger partial charge is 0.255 e. The van der Waals surface area contributed by atoms with Crippen LogP contribution in [0.1, 0.15) is 28.8 Å². The predicted molar refractivity (Wildman–Crippen MR) is 93.7 cm³/mol. The second-order valence-electron chi connectivity index (χ2n) is 5.86. The number of aryl methyl sites for hydroxylation is 1. The topological polar surface area (TPSA) is 58.6 Å². The minimum absolute atomic E-state index is 0.0790. The van der Waals surface area contributed by atoms with Gasteiger partial charge in [-0.3, -0.25) is 9.59 Å². The third kappa shape index (κ3) is 3.25. The van der Waals surface area contributed by atoms with Gasteiger partial charge in [-0.05, 0) is 43.7 Å². The van der Waals surface area contributed by atoms with Gasteiger partial charge in [0.2, 0.25) is 5.91 Å². The van der Waals surface area contributed by atoms with E-state index in [2.05, 4.69) is 5.32 Å². The first kappa shape index (κ1) is 16.1. The number of nitrogens with zero attached hydrogens (tertiary/aromatic N) is 1. The van der Waals surface area contributed by atoms with Crippen LogP contribution in [0, 0.1) is 6.92 Å². The van der Waals surface area contributed by atoms with Crippen LogP contribution in [0.2, 0.25) is 0 Å². The molecule has 0 radical (unpaired) electrons. The maximum absolute atomic E-state index is 12.4. The Labute approximate surface area is 141 Å². The number of rotatable bonds is 4. The largest absolute Gasteiger partial charge is 0.495 e. The molecule has 5 heteroatoms. The van der Waals surface area contributed by atoms with Gasteiger partial charge in [0.05, 0.1) is 12.8 Å². The van der Waals surface area contributed by atoms with E-state index in [1.807, 2.05) is 19.1 Å². The Hall–Kier alpha value is -2.82. The summed E-state index contributed by atoms with van der Waals surface area (Å²) in [7, 11) is 1.57.